The van der Waals surface area contributed by atoms with E-state index in [2.05, 4.69) is 5.10 Å². The van der Waals surface area contributed by atoms with Crippen molar-refractivity contribution in [1.29, 1.82) is 0 Å². The van der Waals surface area contributed by atoms with Crippen LogP contribution in [-0.4, -0.2) is 20.9 Å². The van der Waals surface area contributed by atoms with Crippen LogP contribution in [0.15, 0.2) is 24.4 Å². The number of benzene rings is 1. The van der Waals surface area contributed by atoms with E-state index in [1.807, 2.05) is 6.92 Å². The number of hydrogen-bond acceptors (Lipinski definition) is 2. The highest BCUT2D eigenvalue weighted by Gasteiger charge is 2.18. The highest BCUT2D eigenvalue weighted by molar-refractivity contribution is 5.93. The number of aryl methyl sites for hydroxylation is 2. The summed E-state index contributed by atoms with van der Waals surface area (Å²) in [7, 11) is 1.60. The molecule has 2 aromatic rings. The molecular formula is C12H11FN2O2. The van der Waals surface area contributed by atoms with Crippen LogP contribution in [0, 0.1) is 12.7 Å². The lowest BCUT2D eigenvalue weighted by Crippen LogP contribution is -2.01. The number of aromatic carboxylic acids is 1. The smallest absolute Gasteiger partial charge is 0.357 e. The minimum Gasteiger partial charge on any atom is -0.476 e. The summed E-state index contributed by atoms with van der Waals surface area (Å²) in [5, 5.41) is 12.8. The van der Waals surface area contributed by atoms with Gasteiger partial charge in [-0.15, -0.1) is 0 Å². The van der Waals surface area contributed by atoms with Crippen molar-refractivity contribution in [2.24, 2.45) is 7.05 Å². The summed E-state index contributed by atoms with van der Waals surface area (Å²) in [5.74, 6) is -1.62. The fourth-order valence-electron chi connectivity index (χ4n) is 1.69. The van der Waals surface area contributed by atoms with E-state index in [9.17, 15) is 9.18 Å². The molecule has 88 valence electrons. The van der Waals surface area contributed by atoms with Gasteiger partial charge in [-0.05, 0) is 19.1 Å². The van der Waals surface area contributed by atoms with Crippen LogP contribution in [0.2, 0.25) is 0 Å². The number of carboxylic acids is 1. The summed E-state index contributed by atoms with van der Waals surface area (Å²) in [6.07, 6.45) is 1.50. The molecule has 0 saturated carbocycles. The predicted octanol–water partition coefficient (Wildman–Crippen LogP) is 2.23. The van der Waals surface area contributed by atoms with Gasteiger partial charge in [0.25, 0.3) is 0 Å². The molecule has 0 aliphatic heterocycles. The molecule has 0 radical (unpaired) electrons. The third kappa shape index (κ3) is 2.04. The van der Waals surface area contributed by atoms with Crippen LogP contribution in [0.5, 0.6) is 0 Å². The van der Waals surface area contributed by atoms with Crippen molar-refractivity contribution in [2.45, 2.75) is 6.92 Å². The molecule has 0 saturated heterocycles. The van der Waals surface area contributed by atoms with Crippen molar-refractivity contribution in [1.82, 2.24) is 9.78 Å². The van der Waals surface area contributed by atoms with Crippen molar-refractivity contribution >= 4 is 5.97 Å². The lowest BCUT2D eigenvalue weighted by atomic mass is 10.0. The molecule has 0 amide bonds. The van der Waals surface area contributed by atoms with Gasteiger partial charge in [-0.25, -0.2) is 9.18 Å². The molecule has 0 aliphatic rings. The van der Waals surface area contributed by atoms with E-state index in [4.69, 9.17) is 5.11 Å². The van der Waals surface area contributed by atoms with Crippen LogP contribution in [0.3, 0.4) is 0 Å². The first-order valence-corrected chi connectivity index (χ1v) is 5.02. The number of nitrogens with zero attached hydrogens (tertiary/aromatic N) is 2. The maximum absolute atomic E-state index is 13.7. The van der Waals surface area contributed by atoms with Crippen LogP contribution in [0.1, 0.15) is 16.1 Å². The second kappa shape index (κ2) is 4.01. The van der Waals surface area contributed by atoms with E-state index in [0.29, 0.717) is 5.56 Å². The Morgan fingerprint density at radius 2 is 2.12 bits per heavy atom. The first-order valence-electron chi connectivity index (χ1n) is 5.02. The quantitative estimate of drug-likeness (QED) is 0.866. The molecule has 0 aliphatic carbocycles. The van der Waals surface area contributed by atoms with Gasteiger partial charge < -0.3 is 5.11 Å². The summed E-state index contributed by atoms with van der Waals surface area (Å²) in [4.78, 5) is 11.0. The summed E-state index contributed by atoms with van der Waals surface area (Å²) < 4.78 is 15.0. The van der Waals surface area contributed by atoms with Crippen molar-refractivity contribution in [3.05, 3.63) is 41.5 Å². The molecule has 0 spiro atoms. The molecule has 0 atom stereocenters. The van der Waals surface area contributed by atoms with Gasteiger partial charge in [0.15, 0.2) is 5.69 Å². The molecule has 1 N–H and O–H groups in total. The maximum Gasteiger partial charge on any atom is 0.357 e. The molecule has 17 heavy (non-hydrogen) atoms. The van der Waals surface area contributed by atoms with Gasteiger partial charge >= 0.3 is 5.97 Å². The Bertz CT molecular complexity index is 590. The van der Waals surface area contributed by atoms with E-state index in [-0.39, 0.29) is 11.3 Å². The average molecular weight is 234 g/mol. The first kappa shape index (κ1) is 11.3. The second-order valence-electron chi connectivity index (χ2n) is 3.85. The third-order valence-corrected chi connectivity index (χ3v) is 2.44. The van der Waals surface area contributed by atoms with E-state index in [1.54, 1.807) is 19.2 Å². The highest BCUT2D eigenvalue weighted by Crippen LogP contribution is 2.26. The zero-order valence-electron chi connectivity index (χ0n) is 9.44. The molecule has 1 aromatic carbocycles. The summed E-state index contributed by atoms with van der Waals surface area (Å²) in [6, 6.07) is 4.57. The number of rotatable bonds is 2. The van der Waals surface area contributed by atoms with Crippen molar-refractivity contribution in [2.75, 3.05) is 0 Å². The Hall–Kier alpha value is -2.17. The van der Waals surface area contributed by atoms with Crippen LogP contribution >= 0.6 is 0 Å². The van der Waals surface area contributed by atoms with Crippen LogP contribution < -0.4 is 0 Å². The number of carboxylic acid groups (broad SMARTS) is 1. The van der Waals surface area contributed by atoms with Crippen molar-refractivity contribution in [3.8, 4) is 11.1 Å². The summed E-state index contributed by atoms with van der Waals surface area (Å²) in [6.45, 7) is 1.82. The number of carbonyl (C=O) groups is 1. The fourth-order valence-corrected chi connectivity index (χ4v) is 1.69. The number of halogens is 1. The largest absolute Gasteiger partial charge is 0.476 e. The average Bonchev–Trinajstić information content (AvgIpc) is 2.64. The van der Waals surface area contributed by atoms with Crippen molar-refractivity contribution in [3.63, 3.8) is 0 Å². The highest BCUT2D eigenvalue weighted by atomic mass is 19.1. The van der Waals surface area contributed by atoms with Gasteiger partial charge in [0, 0.05) is 24.4 Å². The molecule has 4 nitrogen and oxygen atoms in total. The van der Waals surface area contributed by atoms with E-state index in [0.717, 1.165) is 5.56 Å². The minimum absolute atomic E-state index is 0.142. The third-order valence-electron chi connectivity index (χ3n) is 2.44. The van der Waals surface area contributed by atoms with Gasteiger partial charge in [0.05, 0.1) is 0 Å². The molecular weight excluding hydrogens is 223 g/mol. The predicted molar refractivity (Wildman–Crippen MR) is 60.3 cm³/mol. The molecule has 0 fully saturated rings. The zero-order chi connectivity index (χ0) is 12.6. The topological polar surface area (TPSA) is 55.1 Å². The van der Waals surface area contributed by atoms with Crippen LogP contribution in [0.4, 0.5) is 4.39 Å². The van der Waals surface area contributed by atoms with Gasteiger partial charge in [-0.3, -0.25) is 4.68 Å². The Kier molecular flexibility index (Phi) is 2.67. The van der Waals surface area contributed by atoms with Gasteiger partial charge in [0.1, 0.15) is 5.82 Å². The Balaban J connectivity index is 2.67. The standard InChI is InChI=1S/C12H11FN2O2/c1-7-3-4-10(13)8(5-7)9-6-15(2)14-11(9)12(16)17/h3-6H,1-2H3,(H,16,17). The molecule has 1 aromatic heterocycles. The fraction of sp³-hybridized carbons (Fsp3) is 0.167. The van der Waals surface area contributed by atoms with Gasteiger partial charge in [-0.2, -0.15) is 5.10 Å². The summed E-state index contributed by atoms with van der Waals surface area (Å²) in [5.41, 5.74) is 1.27. The van der Waals surface area contributed by atoms with Crippen LogP contribution in [0.25, 0.3) is 11.1 Å². The lowest BCUT2D eigenvalue weighted by Gasteiger charge is -2.02. The Morgan fingerprint density at radius 3 is 2.76 bits per heavy atom. The molecule has 2 rings (SSSR count). The minimum atomic E-state index is -1.17. The Morgan fingerprint density at radius 1 is 1.41 bits per heavy atom. The molecule has 0 bridgehead atoms. The van der Waals surface area contributed by atoms with Crippen LogP contribution in [-0.2, 0) is 7.05 Å². The zero-order valence-corrected chi connectivity index (χ0v) is 9.44. The normalized spacial score (nSPS) is 10.5. The lowest BCUT2D eigenvalue weighted by molar-refractivity contribution is 0.0690. The van der Waals surface area contributed by atoms with Gasteiger partial charge in [0.2, 0.25) is 0 Å². The Labute approximate surface area is 97.3 Å². The van der Waals surface area contributed by atoms with E-state index < -0.39 is 11.8 Å². The van der Waals surface area contributed by atoms with E-state index >= 15 is 0 Å². The summed E-state index contributed by atoms with van der Waals surface area (Å²) >= 11 is 0. The second-order valence-corrected chi connectivity index (χ2v) is 3.85. The van der Waals surface area contributed by atoms with E-state index in [1.165, 1.54) is 16.9 Å². The maximum atomic E-state index is 13.7. The monoisotopic (exact) mass is 234 g/mol. The number of hydrogen-bond donors (Lipinski definition) is 1. The number of aromatic nitrogens is 2. The SMILES string of the molecule is Cc1ccc(F)c(-c2cn(C)nc2C(=O)O)c1. The van der Waals surface area contributed by atoms with Gasteiger partial charge in [-0.1, -0.05) is 11.6 Å². The van der Waals surface area contributed by atoms with Crippen molar-refractivity contribution < 1.29 is 14.3 Å². The molecule has 1 heterocycles. The molecule has 0 unspecified atom stereocenters. The first-order chi connectivity index (χ1) is 7.99. The molecule has 5 heteroatoms.